The van der Waals surface area contributed by atoms with E-state index in [0.29, 0.717) is 40.8 Å². The van der Waals surface area contributed by atoms with Crippen LogP contribution in [0.15, 0.2) is 65.3 Å². The highest BCUT2D eigenvalue weighted by Crippen LogP contribution is 2.28. The number of amides is 2. The smallest absolute Gasteiger partial charge is 0.256 e. The summed E-state index contributed by atoms with van der Waals surface area (Å²) in [6.07, 6.45) is 2.16. The van der Waals surface area contributed by atoms with Crippen LogP contribution in [0.3, 0.4) is 0 Å². The first-order chi connectivity index (χ1) is 17.1. The van der Waals surface area contributed by atoms with Gasteiger partial charge in [0.15, 0.2) is 11.5 Å². The summed E-state index contributed by atoms with van der Waals surface area (Å²) >= 11 is 6.30. The second kappa shape index (κ2) is 12.0. The molecule has 0 bridgehead atoms. The number of hydrogen-bond acceptors (Lipinski definition) is 5. The highest BCUT2D eigenvalue weighted by molar-refractivity contribution is 6.33. The lowest BCUT2D eigenvalue weighted by Gasteiger charge is -2.37. The number of hydrogen-bond donors (Lipinski definition) is 0. The Bertz CT molecular complexity index is 1170. The molecular formula is C28H33ClN2O5. The third-order valence-electron chi connectivity index (χ3n) is 5.85. The van der Waals surface area contributed by atoms with E-state index in [1.165, 1.54) is 0 Å². The SMILES string of the molecule is COc1ccc(CCN(Cc2ccco2)C(=O)CN(C(=O)c2ccccc2Cl)C(C)(C)C)cc1OC. The number of carbonyl (C=O) groups excluding carboxylic acids is 2. The van der Waals surface area contributed by atoms with Crippen molar-refractivity contribution in [2.75, 3.05) is 27.3 Å². The molecule has 0 aliphatic heterocycles. The van der Waals surface area contributed by atoms with Gasteiger partial charge in [0.1, 0.15) is 12.3 Å². The molecule has 0 saturated heterocycles. The number of rotatable bonds is 10. The fourth-order valence-electron chi connectivity index (χ4n) is 3.81. The van der Waals surface area contributed by atoms with E-state index in [2.05, 4.69) is 0 Å². The predicted molar refractivity (Wildman–Crippen MR) is 140 cm³/mol. The monoisotopic (exact) mass is 512 g/mol. The number of methoxy groups -OCH3 is 2. The van der Waals surface area contributed by atoms with Gasteiger partial charge in [0.25, 0.3) is 5.91 Å². The van der Waals surface area contributed by atoms with Crippen molar-refractivity contribution in [2.24, 2.45) is 0 Å². The maximum atomic E-state index is 13.6. The molecule has 192 valence electrons. The molecule has 36 heavy (non-hydrogen) atoms. The van der Waals surface area contributed by atoms with Crippen molar-refractivity contribution in [1.82, 2.24) is 9.80 Å². The van der Waals surface area contributed by atoms with Crippen LogP contribution in [0.1, 0.15) is 42.5 Å². The van der Waals surface area contributed by atoms with Crippen molar-refractivity contribution in [1.29, 1.82) is 0 Å². The molecule has 0 spiro atoms. The maximum absolute atomic E-state index is 13.6. The van der Waals surface area contributed by atoms with Crippen LogP contribution in [0.5, 0.6) is 11.5 Å². The summed E-state index contributed by atoms with van der Waals surface area (Å²) < 4.78 is 16.2. The molecule has 2 amide bonds. The van der Waals surface area contributed by atoms with Gasteiger partial charge in [0.2, 0.25) is 5.91 Å². The van der Waals surface area contributed by atoms with Crippen LogP contribution in [-0.4, -0.2) is 54.5 Å². The van der Waals surface area contributed by atoms with Gasteiger partial charge in [-0.25, -0.2) is 0 Å². The van der Waals surface area contributed by atoms with Crippen LogP contribution in [-0.2, 0) is 17.8 Å². The molecule has 0 aliphatic carbocycles. The van der Waals surface area contributed by atoms with E-state index in [0.717, 1.165) is 5.56 Å². The minimum atomic E-state index is -0.606. The minimum absolute atomic E-state index is 0.0970. The summed E-state index contributed by atoms with van der Waals surface area (Å²) in [5.74, 6) is 1.45. The molecule has 2 aromatic carbocycles. The fourth-order valence-corrected chi connectivity index (χ4v) is 4.03. The Balaban J connectivity index is 1.82. The van der Waals surface area contributed by atoms with Gasteiger partial charge in [-0.2, -0.15) is 0 Å². The summed E-state index contributed by atoms with van der Waals surface area (Å²) in [6.45, 7) is 6.31. The first-order valence-electron chi connectivity index (χ1n) is 11.7. The first kappa shape index (κ1) is 27.1. The Morgan fingerprint density at radius 1 is 0.972 bits per heavy atom. The predicted octanol–water partition coefficient (Wildman–Crippen LogP) is 5.46. The van der Waals surface area contributed by atoms with Gasteiger partial charge < -0.3 is 23.7 Å². The molecule has 0 saturated carbocycles. The molecule has 1 heterocycles. The van der Waals surface area contributed by atoms with Gasteiger partial charge in [-0.05, 0) is 69.2 Å². The summed E-state index contributed by atoms with van der Waals surface area (Å²) in [4.78, 5) is 30.3. The summed E-state index contributed by atoms with van der Waals surface area (Å²) in [5, 5.41) is 0.352. The molecular weight excluding hydrogens is 480 g/mol. The fraction of sp³-hybridized carbons (Fsp3) is 0.357. The van der Waals surface area contributed by atoms with Crippen LogP contribution in [0.4, 0.5) is 0 Å². The molecule has 0 unspecified atom stereocenters. The molecule has 7 nitrogen and oxygen atoms in total. The topological polar surface area (TPSA) is 72.2 Å². The lowest BCUT2D eigenvalue weighted by atomic mass is 10.0. The van der Waals surface area contributed by atoms with Crippen molar-refractivity contribution in [3.05, 3.63) is 82.8 Å². The number of benzene rings is 2. The van der Waals surface area contributed by atoms with Crippen LogP contribution in [0, 0.1) is 0 Å². The zero-order valence-electron chi connectivity index (χ0n) is 21.4. The van der Waals surface area contributed by atoms with Crippen molar-refractivity contribution >= 4 is 23.4 Å². The Kier molecular flexibility index (Phi) is 9.04. The van der Waals surface area contributed by atoms with E-state index in [1.54, 1.807) is 60.6 Å². The standard InChI is InChI=1S/C28H33ClN2O5/c1-28(2,3)31(27(33)22-10-6-7-11-23(22)29)19-26(32)30(18-21-9-8-16-36-21)15-14-20-12-13-24(34-4)25(17-20)35-5/h6-13,16-17H,14-15,18-19H2,1-5H3. The first-order valence-corrected chi connectivity index (χ1v) is 12.1. The van der Waals surface area contributed by atoms with Crippen LogP contribution >= 0.6 is 11.6 Å². The van der Waals surface area contributed by atoms with Crippen molar-refractivity contribution in [3.8, 4) is 11.5 Å². The largest absolute Gasteiger partial charge is 0.493 e. The second-order valence-electron chi connectivity index (χ2n) is 9.38. The molecule has 0 aliphatic rings. The highest BCUT2D eigenvalue weighted by Gasteiger charge is 2.32. The lowest BCUT2D eigenvalue weighted by molar-refractivity contribution is -0.133. The average Bonchev–Trinajstić information content (AvgIpc) is 3.37. The van der Waals surface area contributed by atoms with E-state index < -0.39 is 5.54 Å². The lowest BCUT2D eigenvalue weighted by Crippen LogP contribution is -2.51. The number of halogens is 1. The summed E-state index contributed by atoms with van der Waals surface area (Å²) in [5.41, 5.74) is 0.750. The Hall–Kier alpha value is -3.45. The number of furan rings is 1. The van der Waals surface area contributed by atoms with E-state index >= 15 is 0 Å². The Morgan fingerprint density at radius 2 is 1.69 bits per heavy atom. The van der Waals surface area contributed by atoms with E-state index in [1.807, 2.05) is 45.0 Å². The van der Waals surface area contributed by atoms with Gasteiger partial charge in [-0.15, -0.1) is 0 Å². The molecule has 1 aromatic heterocycles. The zero-order chi connectivity index (χ0) is 26.3. The quantitative estimate of drug-likeness (QED) is 0.360. The van der Waals surface area contributed by atoms with Crippen molar-refractivity contribution in [2.45, 2.75) is 39.3 Å². The molecule has 0 fully saturated rings. The van der Waals surface area contributed by atoms with E-state index in [4.69, 9.17) is 25.5 Å². The molecule has 0 radical (unpaired) electrons. The van der Waals surface area contributed by atoms with Crippen LogP contribution in [0.25, 0.3) is 0 Å². The maximum Gasteiger partial charge on any atom is 0.256 e. The number of nitrogens with zero attached hydrogens (tertiary/aromatic N) is 2. The van der Waals surface area contributed by atoms with E-state index in [-0.39, 0.29) is 24.9 Å². The summed E-state index contributed by atoms with van der Waals surface area (Å²) in [6, 6.07) is 16.2. The zero-order valence-corrected chi connectivity index (χ0v) is 22.2. The van der Waals surface area contributed by atoms with Crippen LogP contribution < -0.4 is 9.47 Å². The summed E-state index contributed by atoms with van der Waals surface area (Å²) in [7, 11) is 3.18. The van der Waals surface area contributed by atoms with E-state index in [9.17, 15) is 9.59 Å². The van der Waals surface area contributed by atoms with Crippen molar-refractivity contribution < 1.29 is 23.5 Å². The molecule has 3 aromatic rings. The molecule has 8 heteroatoms. The van der Waals surface area contributed by atoms with Gasteiger partial charge in [0.05, 0.1) is 37.6 Å². The van der Waals surface area contributed by atoms with Gasteiger partial charge in [0, 0.05) is 12.1 Å². The average molecular weight is 513 g/mol. The molecule has 0 N–H and O–H groups in total. The second-order valence-corrected chi connectivity index (χ2v) is 9.78. The molecule has 0 atom stereocenters. The van der Waals surface area contributed by atoms with Gasteiger partial charge >= 0.3 is 0 Å². The highest BCUT2D eigenvalue weighted by atomic mass is 35.5. The minimum Gasteiger partial charge on any atom is -0.493 e. The Labute approximate surface area is 217 Å². The van der Waals surface area contributed by atoms with Crippen molar-refractivity contribution in [3.63, 3.8) is 0 Å². The van der Waals surface area contributed by atoms with Crippen LogP contribution in [0.2, 0.25) is 5.02 Å². The number of carbonyl (C=O) groups is 2. The third kappa shape index (κ3) is 6.82. The van der Waals surface area contributed by atoms with Gasteiger partial charge in [-0.3, -0.25) is 9.59 Å². The Morgan fingerprint density at radius 3 is 2.31 bits per heavy atom. The number of ether oxygens (including phenoxy) is 2. The van der Waals surface area contributed by atoms with Gasteiger partial charge in [-0.1, -0.05) is 29.8 Å². The molecule has 3 rings (SSSR count). The third-order valence-corrected chi connectivity index (χ3v) is 6.18. The normalized spacial score (nSPS) is 11.2.